The highest BCUT2D eigenvalue weighted by atomic mass is 16.1. The second-order valence-corrected chi connectivity index (χ2v) is 3.37. The number of aromatic nitrogens is 2. The molecule has 1 aromatic heterocycles. The molecule has 0 aliphatic heterocycles. The van der Waals surface area contributed by atoms with E-state index in [-0.39, 0.29) is 5.56 Å². The number of allylic oxidation sites excluding steroid dienone is 1. The first kappa shape index (κ1) is 8.23. The van der Waals surface area contributed by atoms with Gasteiger partial charge in [0.15, 0.2) is 0 Å². The topological polar surface area (TPSA) is 34.9 Å². The van der Waals surface area contributed by atoms with Crippen LogP contribution < -0.4 is 5.56 Å². The van der Waals surface area contributed by atoms with E-state index in [4.69, 9.17) is 0 Å². The van der Waals surface area contributed by atoms with Gasteiger partial charge in [-0.25, -0.2) is 4.98 Å². The van der Waals surface area contributed by atoms with Crippen LogP contribution in [-0.4, -0.2) is 9.55 Å². The van der Waals surface area contributed by atoms with Crippen LogP contribution in [0.15, 0.2) is 29.8 Å². The summed E-state index contributed by atoms with van der Waals surface area (Å²) in [6.07, 6.45) is 5.66. The maximum Gasteiger partial charge on any atom is 0.253 e. The molecule has 0 N–H and O–H groups in total. The highest BCUT2D eigenvalue weighted by molar-refractivity contribution is 5.12. The van der Waals surface area contributed by atoms with E-state index in [1.165, 1.54) is 12.8 Å². The van der Waals surface area contributed by atoms with Gasteiger partial charge in [0, 0.05) is 18.5 Å². The fourth-order valence-electron chi connectivity index (χ4n) is 1.32. The summed E-state index contributed by atoms with van der Waals surface area (Å²) in [4.78, 5) is 15.7. The molecule has 1 aliphatic rings. The first-order chi connectivity index (χ1) is 6.31. The molecule has 3 nitrogen and oxygen atoms in total. The van der Waals surface area contributed by atoms with E-state index in [0.717, 1.165) is 5.69 Å². The Morgan fingerprint density at radius 1 is 1.69 bits per heavy atom. The molecule has 0 saturated heterocycles. The third kappa shape index (κ3) is 1.69. The van der Waals surface area contributed by atoms with Crippen molar-refractivity contribution in [1.82, 2.24) is 9.55 Å². The lowest BCUT2D eigenvalue weighted by Gasteiger charge is -2.01. The van der Waals surface area contributed by atoms with E-state index in [2.05, 4.69) is 11.6 Å². The lowest BCUT2D eigenvalue weighted by molar-refractivity contribution is 0.740. The van der Waals surface area contributed by atoms with Gasteiger partial charge >= 0.3 is 0 Å². The van der Waals surface area contributed by atoms with Gasteiger partial charge in [-0.1, -0.05) is 6.08 Å². The summed E-state index contributed by atoms with van der Waals surface area (Å²) < 4.78 is 1.55. The Morgan fingerprint density at radius 3 is 3.00 bits per heavy atom. The van der Waals surface area contributed by atoms with Gasteiger partial charge in [-0.15, -0.1) is 6.58 Å². The molecule has 0 unspecified atom stereocenters. The van der Waals surface area contributed by atoms with Gasteiger partial charge in [-0.2, -0.15) is 0 Å². The van der Waals surface area contributed by atoms with Crippen molar-refractivity contribution in [3.05, 3.63) is 41.1 Å². The number of hydrogen-bond acceptors (Lipinski definition) is 2. The molecule has 0 aromatic carbocycles. The highest BCUT2D eigenvalue weighted by Gasteiger charge is 2.25. The molecule has 68 valence electrons. The minimum Gasteiger partial charge on any atom is -0.295 e. The molecule has 1 heterocycles. The molecular formula is C10H12N2O. The zero-order valence-corrected chi connectivity index (χ0v) is 7.44. The van der Waals surface area contributed by atoms with Gasteiger partial charge in [0.1, 0.15) is 0 Å². The van der Waals surface area contributed by atoms with Crippen LogP contribution in [0.4, 0.5) is 0 Å². The Bertz CT molecular complexity index is 377. The molecule has 3 heteroatoms. The van der Waals surface area contributed by atoms with Crippen molar-refractivity contribution < 1.29 is 0 Å². The van der Waals surface area contributed by atoms with E-state index in [1.807, 2.05) is 0 Å². The molecule has 1 fully saturated rings. The molecule has 0 amide bonds. The lowest BCUT2D eigenvalue weighted by Crippen LogP contribution is -2.19. The van der Waals surface area contributed by atoms with E-state index in [0.29, 0.717) is 12.5 Å². The summed E-state index contributed by atoms with van der Waals surface area (Å²) in [7, 11) is 0. The third-order valence-corrected chi connectivity index (χ3v) is 2.22. The smallest absolute Gasteiger partial charge is 0.253 e. The van der Waals surface area contributed by atoms with Crippen LogP contribution in [0.2, 0.25) is 0 Å². The van der Waals surface area contributed by atoms with E-state index >= 15 is 0 Å². The van der Waals surface area contributed by atoms with Crippen LogP contribution >= 0.6 is 0 Å². The van der Waals surface area contributed by atoms with Crippen LogP contribution in [0.25, 0.3) is 0 Å². The average Bonchev–Trinajstić information content (AvgIpc) is 2.91. The Balaban J connectivity index is 2.31. The quantitative estimate of drug-likeness (QED) is 0.651. The zero-order chi connectivity index (χ0) is 9.26. The SMILES string of the molecule is C=CCn1cnc(C2CC2)cc1=O. The average molecular weight is 176 g/mol. The number of hydrogen-bond donors (Lipinski definition) is 0. The van der Waals surface area contributed by atoms with E-state index in [1.54, 1.807) is 23.0 Å². The Hall–Kier alpha value is -1.38. The molecule has 2 rings (SSSR count). The maximum absolute atomic E-state index is 11.4. The predicted octanol–water partition coefficient (Wildman–Crippen LogP) is 1.31. The molecular weight excluding hydrogens is 164 g/mol. The van der Waals surface area contributed by atoms with Gasteiger partial charge in [0.05, 0.1) is 12.0 Å². The van der Waals surface area contributed by atoms with Crippen molar-refractivity contribution in [3.8, 4) is 0 Å². The Morgan fingerprint density at radius 2 is 2.46 bits per heavy atom. The number of rotatable bonds is 3. The van der Waals surface area contributed by atoms with E-state index in [9.17, 15) is 4.79 Å². The van der Waals surface area contributed by atoms with E-state index < -0.39 is 0 Å². The Kier molecular flexibility index (Phi) is 2.00. The summed E-state index contributed by atoms with van der Waals surface area (Å²) in [5, 5.41) is 0. The fourth-order valence-corrected chi connectivity index (χ4v) is 1.32. The summed E-state index contributed by atoms with van der Waals surface area (Å²) in [5.41, 5.74) is 0.974. The molecule has 13 heavy (non-hydrogen) atoms. The fraction of sp³-hybridized carbons (Fsp3) is 0.400. The van der Waals surface area contributed by atoms with Crippen molar-refractivity contribution in [3.63, 3.8) is 0 Å². The van der Waals surface area contributed by atoms with Crippen LogP contribution in [0, 0.1) is 0 Å². The minimum absolute atomic E-state index is 0.0248. The first-order valence-electron chi connectivity index (χ1n) is 4.48. The summed E-state index contributed by atoms with van der Waals surface area (Å²) in [6, 6.07) is 1.64. The molecule has 0 radical (unpaired) electrons. The molecule has 1 aliphatic carbocycles. The molecule has 0 bridgehead atoms. The van der Waals surface area contributed by atoms with Crippen molar-refractivity contribution in [1.29, 1.82) is 0 Å². The third-order valence-electron chi connectivity index (χ3n) is 2.22. The maximum atomic E-state index is 11.4. The summed E-state index contributed by atoms with van der Waals surface area (Å²) in [5.74, 6) is 0.547. The van der Waals surface area contributed by atoms with Gasteiger partial charge in [0.2, 0.25) is 0 Å². The van der Waals surface area contributed by atoms with Crippen LogP contribution in [-0.2, 0) is 6.54 Å². The highest BCUT2D eigenvalue weighted by Crippen LogP contribution is 2.38. The largest absolute Gasteiger partial charge is 0.295 e. The normalized spacial score (nSPS) is 15.7. The van der Waals surface area contributed by atoms with Crippen LogP contribution in [0.3, 0.4) is 0 Å². The monoisotopic (exact) mass is 176 g/mol. The summed E-state index contributed by atoms with van der Waals surface area (Å²) in [6.45, 7) is 4.12. The predicted molar refractivity (Wildman–Crippen MR) is 50.7 cm³/mol. The second-order valence-electron chi connectivity index (χ2n) is 3.37. The molecule has 0 atom stereocenters. The standard InChI is InChI=1S/C10H12N2O/c1-2-5-12-7-11-9(6-10(12)13)8-3-4-8/h2,6-8H,1,3-5H2. The molecule has 0 spiro atoms. The van der Waals surface area contributed by atoms with Crippen LogP contribution in [0.1, 0.15) is 24.5 Å². The van der Waals surface area contributed by atoms with Crippen molar-refractivity contribution >= 4 is 0 Å². The van der Waals surface area contributed by atoms with Crippen LogP contribution in [0.5, 0.6) is 0 Å². The Labute approximate surface area is 76.7 Å². The van der Waals surface area contributed by atoms with Gasteiger partial charge in [-0.3, -0.25) is 9.36 Å². The summed E-state index contributed by atoms with van der Waals surface area (Å²) >= 11 is 0. The molecule has 1 aromatic rings. The zero-order valence-electron chi connectivity index (χ0n) is 7.44. The van der Waals surface area contributed by atoms with Crippen molar-refractivity contribution in [2.45, 2.75) is 25.3 Å². The van der Waals surface area contributed by atoms with Crippen molar-refractivity contribution in [2.75, 3.05) is 0 Å². The van der Waals surface area contributed by atoms with Gasteiger partial charge in [0.25, 0.3) is 5.56 Å². The molecule has 1 saturated carbocycles. The first-order valence-corrected chi connectivity index (χ1v) is 4.48. The minimum atomic E-state index is 0.0248. The van der Waals surface area contributed by atoms with Crippen molar-refractivity contribution in [2.24, 2.45) is 0 Å². The lowest BCUT2D eigenvalue weighted by atomic mass is 10.3. The number of nitrogens with zero attached hydrogens (tertiary/aromatic N) is 2. The van der Waals surface area contributed by atoms with Gasteiger partial charge < -0.3 is 0 Å². The van der Waals surface area contributed by atoms with Gasteiger partial charge in [-0.05, 0) is 12.8 Å². The second kappa shape index (κ2) is 3.17.